The number of hydrogen-bond donors (Lipinski definition) is 0. The Balaban J connectivity index is 1.46. The summed E-state index contributed by atoms with van der Waals surface area (Å²) in [5.41, 5.74) is 9.13. The van der Waals surface area contributed by atoms with Crippen LogP contribution in [-0.4, -0.2) is 0 Å². The fourth-order valence-electron chi connectivity index (χ4n) is 6.81. The Morgan fingerprint density at radius 3 is 1.76 bits per heavy atom. The van der Waals surface area contributed by atoms with Gasteiger partial charge in [0.2, 0.25) is 0 Å². The van der Waals surface area contributed by atoms with E-state index in [-0.39, 0.29) is 0 Å². The molecule has 0 saturated carbocycles. The molecule has 0 N–H and O–H groups in total. The fourth-order valence-corrected chi connectivity index (χ4v) is 6.81. The highest BCUT2D eigenvalue weighted by atomic mass is 16.3. The molecular weight excluding hydrogens is 496 g/mol. The van der Waals surface area contributed by atoms with Crippen LogP contribution in [0.2, 0.25) is 0 Å². The van der Waals surface area contributed by atoms with E-state index in [1.54, 1.807) is 0 Å². The molecule has 9 rings (SSSR count). The van der Waals surface area contributed by atoms with E-state index in [4.69, 9.17) is 4.42 Å². The maximum Gasteiger partial charge on any atom is 0.143 e. The van der Waals surface area contributed by atoms with E-state index in [1.165, 1.54) is 60.1 Å². The van der Waals surface area contributed by atoms with Gasteiger partial charge < -0.3 is 4.42 Å². The number of benzene rings is 8. The Hall–Kier alpha value is -5.40. The summed E-state index contributed by atoms with van der Waals surface area (Å²) < 4.78 is 6.55. The predicted molar refractivity (Wildman–Crippen MR) is 174 cm³/mol. The first kappa shape index (κ1) is 22.4. The molecule has 0 aliphatic rings. The van der Waals surface area contributed by atoms with Crippen molar-refractivity contribution in [1.29, 1.82) is 0 Å². The molecule has 1 nitrogen and oxygen atoms in total. The van der Waals surface area contributed by atoms with Gasteiger partial charge in [-0.3, -0.25) is 0 Å². The highest BCUT2D eigenvalue weighted by molar-refractivity contribution is 6.30. The van der Waals surface area contributed by atoms with Gasteiger partial charge in [0.05, 0.1) is 0 Å². The van der Waals surface area contributed by atoms with E-state index in [1.807, 2.05) is 6.07 Å². The molecule has 9 aromatic rings. The van der Waals surface area contributed by atoms with E-state index in [9.17, 15) is 0 Å². The summed E-state index contributed by atoms with van der Waals surface area (Å²) in [7, 11) is 0. The molecular formula is C40H24O. The molecule has 0 saturated heterocycles. The van der Waals surface area contributed by atoms with Crippen molar-refractivity contribution in [3.63, 3.8) is 0 Å². The predicted octanol–water partition coefficient (Wildman–Crippen LogP) is 11.5. The summed E-state index contributed by atoms with van der Waals surface area (Å²) in [5, 5.41) is 9.99. The maximum absolute atomic E-state index is 6.55. The van der Waals surface area contributed by atoms with Crippen LogP contribution in [0, 0.1) is 0 Å². The molecule has 1 heterocycles. The van der Waals surface area contributed by atoms with Crippen LogP contribution in [0.5, 0.6) is 0 Å². The van der Waals surface area contributed by atoms with Gasteiger partial charge >= 0.3 is 0 Å². The first-order chi connectivity index (χ1) is 20.3. The van der Waals surface area contributed by atoms with E-state index >= 15 is 0 Å². The molecule has 0 atom stereocenters. The largest absolute Gasteiger partial charge is 0.455 e. The van der Waals surface area contributed by atoms with E-state index < -0.39 is 0 Å². The molecule has 0 aliphatic carbocycles. The third-order valence-electron chi connectivity index (χ3n) is 8.65. The minimum atomic E-state index is 0.920. The fraction of sp³-hybridized carbons (Fsp3) is 0. The average Bonchev–Trinajstić information content (AvgIpc) is 3.43. The SMILES string of the molecule is c1ccc(-c2ccc3ccc4c(-c5ccccc5)cc(-c5cccc6c5oc5ccccc56)c5ccc2c3c45)cc1. The smallest absolute Gasteiger partial charge is 0.143 e. The zero-order valence-corrected chi connectivity index (χ0v) is 22.3. The number of para-hydroxylation sites is 2. The van der Waals surface area contributed by atoms with Crippen molar-refractivity contribution in [2.24, 2.45) is 0 Å². The first-order valence-electron chi connectivity index (χ1n) is 14.1. The average molecular weight is 521 g/mol. The lowest BCUT2D eigenvalue weighted by Gasteiger charge is -2.19. The van der Waals surface area contributed by atoms with Gasteiger partial charge in [-0.25, -0.2) is 0 Å². The monoisotopic (exact) mass is 520 g/mol. The molecule has 1 aromatic heterocycles. The Labute approximate surface area is 237 Å². The molecule has 0 spiro atoms. The van der Waals surface area contributed by atoms with Crippen LogP contribution in [0.1, 0.15) is 0 Å². The molecule has 0 amide bonds. The van der Waals surface area contributed by atoms with Crippen LogP contribution in [-0.2, 0) is 0 Å². The van der Waals surface area contributed by atoms with Gasteiger partial charge in [-0.2, -0.15) is 0 Å². The van der Waals surface area contributed by atoms with Gasteiger partial charge in [0, 0.05) is 16.3 Å². The van der Waals surface area contributed by atoms with Crippen LogP contribution in [0.25, 0.3) is 87.6 Å². The van der Waals surface area contributed by atoms with Gasteiger partial charge in [0.15, 0.2) is 0 Å². The van der Waals surface area contributed by atoms with Crippen LogP contribution < -0.4 is 0 Å². The quantitative estimate of drug-likeness (QED) is 0.211. The minimum absolute atomic E-state index is 0.920. The Bertz CT molecular complexity index is 2400. The second-order valence-corrected chi connectivity index (χ2v) is 10.8. The summed E-state index contributed by atoms with van der Waals surface area (Å²) in [6, 6.07) is 52.5. The third kappa shape index (κ3) is 3.24. The van der Waals surface area contributed by atoms with Crippen molar-refractivity contribution >= 4 is 54.3 Å². The summed E-state index contributed by atoms with van der Waals surface area (Å²) in [6.45, 7) is 0. The maximum atomic E-state index is 6.55. The minimum Gasteiger partial charge on any atom is -0.455 e. The molecule has 0 radical (unpaired) electrons. The highest BCUT2D eigenvalue weighted by Gasteiger charge is 2.20. The van der Waals surface area contributed by atoms with Crippen LogP contribution >= 0.6 is 0 Å². The molecule has 0 fully saturated rings. The van der Waals surface area contributed by atoms with Crippen LogP contribution in [0.3, 0.4) is 0 Å². The van der Waals surface area contributed by atoms with Gasteiger partial charge in [-0.05, 0) is 72.3 Å². The zero-order chi connectivity index (χ0) is 26.9. The highest BCUT2D eigenvalue weighted by Crippen LogP contribution is 2.47. The topological polar surface area (TPSA) is 13.1 Å². The molecule has 0 bridgehead atoms. The van der Waals surface area contributed by atoms with Crippen LogP contribution in [0.15, 0.2) is 150 Å². The van der Waals surface area contributed by atoms with Gasteiger partial charge in [-0.15, -0.1) is 0 Å². The van der Waals surface area contributed by atoms with Crippen LogP contribution in [0.4, 0.5) is 0 Å². The second-order valence-electron chi connectivity index (χ2n) is 10.8. The van der Waals surface area contributed by atoms with Gasteiger partial charge in [0.25, 0.3) is 0 Å². The molecule has 0 aliphatic heterocycles. The Morgan fingerprint density at radius 2 is 0.951 bits per heavy atom. The van der Waals surface area contributed by atoms with Crippen molar-refractivity contribution in [2.45, 2.75) is 0 Å². The van der Waals surface area contributed by atoms with Gasteiger partial charge in [0.1, 0.15) is 11.2 Å². The van der Waals surface area contributed by atoms with Gasteiger partial charge in [-0.1, -0.05) is 133 Å². The standard InChI is InChI=1S/C40H24O/c1-3-10-25(11-4-1)28-20-18-27-19-21-31-35(26-12-5-2-6-13-26)24-36(32-23-22-30(28)38(27)39(31)32)34-16-9-15-33-29-14-7-8-17-37(29)41-40(33)34/h1-24H. The van der Waals surface area contributed by atoms with Crippen molar-refractivity contribution in [2.75, 3.05) is 0 Å². The lowest BCUT2D eigenvalue weighted by molar-refractivity contribution is 0.670. The summed E-state index contributed by atoms with van der Waals surface area (Å²) in [6.07, 6.45) is 0. The van der Waals surface area contributed by atoms with Crippen molar-refractivity contribution < 1.29 is 4.42 Å². The lowest BCUT2D eigenvalue weighted by Crippen LogP contribution is -1.92. The summed E-state index contributed by atoms with van der Waals surface area (Å²) >= 11 is 0. The normalized spacial score (nSPS) is 11.9. The molecule has 1 heteroatoms. The molecule has 0 unspecified atom stereocenters. The van der Waals surface area contributed by atoms with Crippen molar-refractivity contribution in [3.05, 3.63) is 146 Å². The number of furan rings is 1. The Kier molecular flexibility index (Phi) is 4.67. The lowest BCUT2D eigenvalue weighted by atomic mass is 9.84. The number of fused-ring (bicyclic) bond motifs is 3. The molecule has 190 valence electrons. The summed E-state index contributed by atoms with van der Waals surface area (Å²) in [4.78, 5) is 0. The number of hydrogen-bond acceptors (Lipinski definition) is 1. The second kappa shape index (κ2) is 8.55. The molecule has 41 heavy (non-hydrogen) atoms. The van der Waals surface area contributed by atoms with E-state index in [2.05, 4.69) is 140 Å². The number of rotatable bonds is 3. The summed E-state index contributed by atoms with van der Waals surface area (Å²) in [5.74, 6) is 0. The van der Waals surface area contributed by atoms with Crippen molar-refractivity contribution in [1.82, 2.24) is 0 Å². The Morgan fingerprint density at radius 1 is 0.341 bits per heavy atom. The molecule has 8 aromatic carbocycles. The van der Waals surface area contributed by atoms with Crippen molar-refractivity contribution in [3.8, 4) is 33.4 Å². The van der Waals surface area contributed by atoms with E-state index in [0.717, 1.165) is 27.5 Å². The van der Waals surface area contributed by atoms with E-state index in [0.29, 0.717) is 0 Å². The third-order valence-corrected chi connectivity index (χ3v) is 8.65. The first-order valence-corrected chi connectivity index (χ1v) is 14.1. The zero-order valence-electron chi connectivity index (χ0n) is 22.3.